The number of fused-ring (bicyclic) bond motifs is 1. The second-order valence-electron chi connectivity index (χ2n) is 5.78. The summed E-state index contributed by atoms with van der Waals surface area (Å²) in [5, 5.41) is 3.41. The third-order valence-electron chi connectivity index (χ3n) is 3.96. The maximum atomic E-state index is 13.2. The van der Waals surface area contributed by atoms with Crippen LogP contribution in [0.1, 0.15) is 15.9 Å². The number of rotatable bonds is 6. The summed E-state index contributed by atoms with van der Waals surface area (Å²) in [5.41, 5.74) is 1.72. The molecule has 140 valence electrons. The normalized spacial score (nSPS) is 10.8. The number of para-hydroxylation sites is 1. The number of carbonyl (C=O) groups is 2. The van der Waals surface area contributed by atoms with Gasteiger partial charge in [0.2, 0.25) is 0 Å². The Morgan fingerprint density at radius 2 is 1.89 bits per heavy atom. The largest absolute Gasteiger partial charge is 0.452 e. The van der Waals surface area contributed by atoms with Crippen molar-refractivity contribution < 1.29 is 23.1 Å². The van der Waals surface area contributed by atoms with E-state index in [-0.39, 0.29) is 10.6 Å². The minimum absolute atomic E-state index is 0.293. The van der Waals surface area contributed by atoms with Crippen molar-refractivity contribution in [3.05, 3.63) is 70.4 Å². The number of aromatic amines is 1. The average molecular weight is 393 g/mol. The Morgan fingerprint density at radius 3 is 2.70 bits per heavy atom. The number of hydrogen-bond donors (Lipinski definition) is 2. The van der Waals surface area contributed by atoms with Gasteiger partial charge < -0.3 is 15.0 Å². The third kappa shape index (κ3) is 4.43. The van der Waals surface area contributed by atoms with Crippen LogP contribution in [-0.4, -0.2) is 30.0 Å². The van der Waals surface area contributed by atoms with Crippen molar-refractivity contribution in [3.63, 3.8) is 0 Å². The van der Waals surface area contributed by atoms with Crippen molar-refractivity contribution in [2.75, 3.05) is 13.2 Å². The van der Waals surface area contributed by atoms with E-state index in [2.05, 4.69) is 10.3 Å². The lowest BCUT2D eigenvalue weighted by molar-refractivity contribution is -0.124. The number of ether oxygens (including phenoxy) is 1. The van der Waals surface area contributed by atoms with Crippen molar-refractivity contribution in [2.45, 2.75) is 6.42 Å². The molecule has 0 aliphatic heterocycles. The second kappa shape index (κ2) is 8.18. The van der Waals surface area contributed by atoms with Gasteiger partial charge >= 0.3 is 5.97 Å². The molecule has 0 aliphatic carbocycles. The van der Waals surface area contributed by atoms with Crippen molar-refractivity contribution in [3.8, 4) is 0 Å². The molecule has 0 spiro atoms. The number of halogens is 3. The number of H-pyrrole nitrogens is 1. The van der Waals surface area contributed by atoms with Gasteiger partial charge in [0.1, 0.15) is 0 Å². The van der Waals surface area contributed by atoms with Gasteiger partial charge in [0.15, 0.2) is 18.2 Å². The van der Waals surface area contributed by atoms with Crippen molar-refractivity contribution in [1.82, 2.24) is 10.3 Å². The predicted molar refractivity (Wildman–Crippen MR) is 96.7 cm³/mol. The van der Waals surface area contributed by atoms with E-state index in [1.807, 2.05) is 30.5 Å². The van der Waals surface area contributed by atoms with Gasteiger partial charge in [-0.1, -0.05) is 29.8 Å². The predicted octanol–water partition coefficient (Wildman–Crippen LogP) is 3.62. The fraction of sp³-hybridized carbons (Fsp3) is 0.158. The SMILES string of the molecule is O=C(COC(=O)c1cc(F)c(F)cc1Cl)NCCc1c[nH]c2ccccc12. The monoisotopic (exact) mass is 392 g/mol. The zero-order valence-corrected chi connectivity index (χ0v) is 14.8. The molecular formula is C19H15ClF2N2O3. The van der Waals surface area contributed by atoms with E-state index >= 15 is 0 Å². The molecule has 3 rings (SSSR count). The lowest BCUT2D eigenvalue weighted by atomic mass is 10.1. The maximum absolute atomic E-state index is 13.2. The minimum Gasteiger partial charge on any atom is -0.452 e. The summed E-state index contributed by atoms with van der Waals surface area (Å²) >= 11 is 5.69. The van der Waals surface area contributed by atoms with E-state index in [4.69, 9.17) is 16.3 Å². The molecule has 1 heterocycles. The molecule has 0 bridgehead atoms. The van der Waals surface area contributed by atoms with Crippen molar-refractivity contribution in [2.24, 2.45) is 0 Å². The highest BCUT2D eigenvalue weighted by molar-refractivity contribution is 6.33. The van der Waals surface area contributed by atoms with Gasteiger partial charge in [-0.3, -0.25) is 4.79 Å². The quantitative estimate of drug-likeness (QED) is 0.497. The first-order valence-electron chi connectivity index (χ1n) is 8.09. The molecule has 0 saturated carbocycles. The van der Waals surface area contributed by atoms with E-state index in [0.29, 0.717) is 25.1 Å². The van der Waals surface area contributed by atoms with Crippen LogP contribution in [0.4, 0.5) is 8.78 Å². The van der Waals surface area contributed by atoms with Crippen LogP contribution in [0, 0.1) is 11.6 Å². The van der Waals surface area contributed by atoms with Crippen LogP contribution in [-0.2, 0) is 16.0 Å². The summed E-state index contributed by atoms with van der Waals surface area (Å²) in [7, 11) is 0. The van der Waals surface area contributed by atoms with Crippen LogP contribution < -0.4 is 5.32 Å². The molecular weight excluding hydrogens is 378 g/mol. The van der Waals surface area contributed by atoms with Crippen LogP contribution >= 0.6 is 11.6 Å². The highest BCUT2D eigenvalue weighted by atomic mass is 35.5. The number of esters is 1. The van der Waals surface area contributed by atoms with Gasteiger partial charge in [-0.25, -0.2) is 13.6 Å². The Balaban J connectivity index is 1.48. The molecule has 3 aromatic rings. The zero-order chi connectivity index (χ0) is 19.4. The highest BCUT2D eigenvalue weighted by Gasteiger charge is 2.17. The summed E-state index contributed by atoms with van der Waals surface area (Å²) in [6.45, 7) is -0.202. The van der Waals surface area contributed by atoms with Crippen LogP contribution in [0.2, 0.25) is 5.02 Å². The molecule has 0 unspecified atom stereocenters. The molecule has 1 aromatic heterocycles. The zero-order valence-electron chi connectivity index (χ0n) is 14.0. The molecule has 2 N–H and O–H groups in total. The molecule has 8 heteroatoms. The average Bonchev–Trinajstić information content (AvgIpc) is 3.06. The molecule has 5 nitrogen and oxygen atoms in total. The molecule has 27 heavy (non-hydrogen) atoms. The topological polar surface area (TPSA) is 71.2 Å². The lowest BCUT2D eigenvalue weighted by Crippen LogP contribution is -2.30. The van der Waals surface area contributed by atoms with Crippen molar-refractivity contribution in [1.29, 1.82) is 0 Å². The Kier molecular flexibility index (Phi) is 5.71. The van der Waals surface area contributed by atoms with Crippen LogP contribution in [0.15, 0.2) is 42.6 Å². The Morgan fingerprint density at radius 1 is 1.15 bits per heavy atom. The second-order valence-corrected chi connectivity index (χ2v) is 6.19. The number of amides is 1. The first kappa shape index (κ1) is 18.8. The van der Waals surface area contributed by atoms with E-state index in [1.54, 1.807) is 0 Å². The van der Waals surface area contributed by atoms with Crippen molar-refractivity contribution >= 4 is 34.4 Å². The van der Waals surface area contributed by atoms with Gasteiger partial charge in [-0.15, -0.1) is 0 Å². The fourth-order valence-electron chi connectivity index (χ4n) is 2.61. The number of benzene rings is 2. The van der Waals surface area contributed by atoms with Gasteiger partial charge in [-0.2, -0.15) is 0 Å². The van der Waals surface area contributed by atoms with Gasteiger partial charge in [-0.05, 0) is 30.2 Å². The molecule has 0 radical (unpaired) electrons. The summed E-state index contributed by atoms with van der Waals surface area (Å²) in [4.78, 5) is 26.8. The van der Waals surface area contributed by atoms with E-state index in [1.165, 1.54) is 0 Å². The fourth-order valence-corrected chi connectivity index (χ4v) is 2.84. The van der Waals surface area contributed by atoms with Gasteiger partial charge in [0, 0.05) is 23.6 Å². The molecule has 0 saturated heterocycles. The summed E-state index contributed by atoms with van der Waals surface area (Å²) in [6, 6.07) is 9.11. The Labute approximate surface area is 158 Å². The number of hydrogen-bond acceptors (Lipinski definition) is 3. The lowest BCUT2D eigenvalue weighted by Gasteiger charge is -2.08. The summed E-state index contributed by atoms with van der Waals surface area (Å²) in [6.07, 6.45) is 2.47. The number of nitrogens with one attached hydrogen (secondary N) is 2. The summed E-state index contributed by atoms with van der Waals surface area (Å²) < 4.78 is 31.0. The van der Waals surface area contributed by atoms with E-state index in [9.17, 15) is 18.4 Å². The first-order valence-corrected chi connectivity index (χ1v) is 8.47. The van der Waals surface area contributed by atoms with Gasteiger partial charge in [0.05, 0.1) is 10.6 Å². The molecule has 0 fully saturated rings. The first-order chi connectivity index (χ1) is 13.0. The molecule has 1 amide bonds. The smallest absolute Gasteiger partial charge is 0.340 e. The third-order valence-corrected chi connectivity index (χ3v) is 4.27. The number of aromatic nitrogens is 1. The Bertz CT molecular complexity index is 1000. The molecule has 2 aromatic carbocycles. The summed E-state index contributed by atoms with van der Waals surface area (Å²) in [5.74, 6) is -3.92. The molecule has 0 atom stereocenters. The van der Waals surface area contributed by atoms with Crippen LogP contribution in [0.5, 0.6) is 0 Å². The maximum Gasteiger partial charge on any atom is 0.340 e. The minimum atomic E-state index is -1.23. The Hall–Kier alpha value is -2.93. The van der Waals surface area contributed by atoms with Crippen LogP contribution in [0.25, 0.3) is 10.9 Å². The van der Waals surface area contributed by atoms with E-state index in [0.717, 1.165) is 16.5 Å². The van der Waals surface area contributed by atoms with Gasteiger partial charge in [0.25, 0.3) is 5.91 Å². The van der Waals surface area contributed by atoms with E-state index < -0.39 is 30.1 Å². The van der Waals surface area contributed by atoms with Crippen LogP contribution in [0.3, 0.4) is 0 Å². The highest BCUT2D eigenvalue weighted by Crippen LogP contribution is 2.21. The molecule has 0 aliphatic rings. The standard InChI is InChI=1S/C19H15ClF2N2O3/c20-14-8-16(22)15(21)7-13(14)19(26)27-10-18(25)23-6-5-11-9-24-17-4-2-1-3-12(11)17/h1-4,7-9,24H,5-6,10H2,(H,23,25). The number of carbonyl (C=O) groups excluding carboxylic acids is 2.